The van der Waals surface area contributed by atoms with E-state index in [2.05, 4.69) is 10.3 Å². The highest BCUT2D eigenvalue weighted by Crippen LogP contribution is 2.24. The number of nitrogens with one attached hydrogen (secondary N) is 1. The van der Waals surface area contributed by atoms with Crippen LogP contribution in [0, 0.1) is 6.92 Å². The summed E-state index contributed by atoms with van der Waals surface area (Å²) in [6.45, 7) is 2.04. The maximum atomic E-state index is 11.8. The van der Waals surface area contributed by atoms with Gasteiger partial charge in [0.25, 0.3) is 0 Å². The van der Waals surface area contributed by atoms with E-state index in [1.54, 1.807) is 12.1 Å². The van der Waals surface area contributed by atoms with Crippen LogP contribution in [-0.2, 0) is 4.74 Å². The smallest absolute Gasteiger partial charge is 0.339 e. The second-order valence-electron chi connectivity index (χ2n) is 5.00. The third-order valence-electron chi connectivity index (χ3n) is 3.52. The minimum absolute atomic E-state index is 0.374. The number of anilines is 2. The van der Waals surface area contributed by atoms with E-state index in [4.69, 9.17) is 4.74 Å². The number of ether oxygens (including phenoxy) is 1. The van der Waals surface area contributed by atoms with Crippen molar-refractivity contribution in [1.82, 2.24) is 4.98 Å². The molecule has 0 fully saturated rings. The van der Waals surface area contributed by atoms with Gasteiger partial charge in [-0.2, -0.15) is 0 Å². The molecule has 0 saturated carbocycles. The summed E-state index contributed by atoms with van der Waals surface area (Å²) in [4.78, 5) is 16.4. The molecule has 3 rings (SSSR count). The number of carbonyl (C=O) groups excluding carboxylic acids is 1. The number of nitrogens with zero attached hydrogens (tertiary/aromatic N) is 1. The summed E-state index contributed by atoms with van der Waals surface area (Å²) in [5, 5.41) is 4.33. The van der Waals surface area contributed by atoms with Crippen LogP contribution >= 0.6 is 0 Å². The number of para-hydroxylation sites is 2. The van der Waals surface area contributed by atoms with Gasteiger partial charge in [-0.25, -0.2) is 9.78 Å². The average Bonchev–Trinajstić information content (AvgIpc) is 2.55. The SMILES string of the molecule is COC(=O)c1ccccc1Nc1cc(C)c2ccccc2n1. The quantitative estimate of drug-likeness (QED) is 0.739. The fourth-order valence-electron chi connectivity index (χ4n) is 2.43. The molecule has 3 aromatic rings. The first-order valence-corrected chi connectivity index (χ1v) is 7.00. The number of hydrogen-bond acceptors (Lipinski definition) is 4. The van der Waals surface area contributed by atoms with Crippen LogP contribution in [0.25, 0.3) is 10.9 Å². The van der Waals surface area contributed by atoms with E-state index in [-0.39, 0.29) is 5.97 Å². The normalized spacial score (nSPS) is 10.5. The summed E-state index contributed by atoms with van der Waals surface area (Å²) in [5.41, 5.74) is 3.21. The lowest BCUT2D eigenvalue weighted by Gasteiger charge is -2.11. The lowest BCUT2D eigenvalue weighted by molar-refractivity contribution is 0.0602. The predicted octanol–water partition coefficient (Wildman–Crippen LogP) is 4.07. The molecule has 110 valence electrons. The molecule has 0 radical (unpaired) electrons. The lowest BCUT2D eigenvalue weighted by Crippen LogP contribution is -2.06. The van der Waals surface area contributed by atoms with Gasteiger partial charge < -0.3 is 10.1 Å². The number of aryl methyl sites for hydroxylation is 1. The Bertz CT molecular complexity index is 843. The van der Waals surface area contributed by atoms with Gasteiger partial charge in [-0.1, -0.05) is 30.3 Å². The van der Waals surface area contributed by atoms with Gasteiger partial charge in [-0.15, -0.1) is 0 Å². The van der Waals surface area contributed by atoms with E-state index >= 15 is 0 Å². The maximum absolute atomic E-state index is 11.8. The molecular weight excluding hydrogens is 276 g/mol. The van der Waals surface area contributed by atoms with E-state index in [1.807, 2.05) is 49.4 Å². The van der Waals surface area contributed by atoms with E-state index in [1.165, 1.54) is 7.11 Å². The van der Waals surface area contributed by atoms with Crippen LogP contribution in [0.5, 0.6) is 0 Å². The molecule has 0 spiro atoms. The molecule has 1 heterocycles. The van der Waals surface area contributed by atoms with Crippen molar-refractivity contribution in [3.8, 4) is 0 Å². The topological polar surface area (TPSA) is 51.2 Å². The second-order valence-corrected chi connectivity index (χ2v) is 5.00. The van der Waals surface area contributed by atoms with Crippen LogP contribution in [-0.4, -0.2) is 18.1 Å². The molecule has 4 nitrogen and oxygen atoms in total. The molecule has 1 N–H and O–H groups in total. The number of methoxy groups -OCH3 is 1. The molecule has 1 aromatic heterocycles. The zero-order valence-corrected chi connectivity index (χ0v) is 12.5. The third-order valence-corrected chi connectivity index (χ3v) is 3.52. The minimum Gasteiger partial charge on any atom is -0.465 e. The zero-order chi connectivity index (χ0) is 15.5. The van der Waals surface area contributed by atoms with Crippen molar-refractivity contribution in [2.24, 2.45) is 0 Å². The summed E-state index contributed by atoms with van der Waals surface area (Å²) in [6.07, 6.45) is 0. The van der Waals surface area contributed by atoms with E-state index in [9.17, 15) is 4.79 Å². The fraction of sp³-hybridized carbons (Fsp3) is 0.111. The van der Waals surface area contributed by atoms with Crippen molar-refractivity contribution >= 4 is 28.4 Å². The number of aromatic nitrogens is 1. The number of fused-ring (bicyclic) bond motifs is 1. The summed E-state index contributed by atoms with van der Waals surface area (Å²) in [5.74, 6) is 0.327. The van der Waals surface area contributed by atoms with E-state index in [0.29, 0.717) is 17.1 Å². The Labute approximate surface area is 128 Å². The van der Waals surface area contributed by atoms with Crippen LogP contribution in [0.4, 0.5) is 11.5 Å². The molecule has 0 saturated heterocycles. The van der Waals surface area contributed by atoms with Crippen molar-refractivity contribution in [2.45, 2.75) is 6.92 Å². The Morgan fingerprint density at radius 1 is 1.09 bits per heavy atom. The molecule has 4 heteroatoms. The van der Waals surface area contributed by atoms with Crippen molar-refractivity contribution in [1.29, 1.82) is 0 Å². The monoisotopic (exact) mass is 292 g/mol. The zero-order valence-electron chi connectivity index (χ0n) is 12.5. The first kappa shape index (κ1) is 14.1. The number of hydrogen-bond donors (Lipinski definition) is 1. The van der Waals surface area contributed by atoms with E-state index in [0.717, 1.165) is 16.5 Å². The van der Waals surface area contributed by atoms with E-state index < -0.39 is 0 Å². The first-order chi connectivity index (χ1) is 10.7. The Morgan fingerprint density at radius 3 is 2.64 bits per heavy atom. The largest absolute Gasteiger partial charge is 0.465 e. The minimum atomic E-state index is -0.374. The second kappa shape index (κ2) is 5.85. The van der Waals surface area contributed by atoms with Crippen molar-refractivity contribution in [2.75, 3.05) is 12.4 Å². The summed E-state index contributed by atoms with van der Waals surface area (Å²) < 4.78 is 4.81. The van der Waals surface area contributed by atoms with Gasteiger partial charge in [0.15, 0.2) is 0 Å². The first-order valence-electron chi connectivity index (χ1n) is 7.00. The van der Waals surface area contributed by atoms with Crippen molar-refractivity contribution in [3.63, 3.8) is 0 Å². The molecule has 0 unspecified atom stereocenters. The van der Waals surface area contributed by atoms with Gasteiger partial charge in [0, 0.05) is 5.39 Å². The fourth-order valence-corrected chi connectivity index (χ4v) is 2.43. The van der Waals surface area contributed by atoms with Gasteiger partial charge in [-0.05, 0) is 36.8 Å². The molecular formula is C18H16N2O2. The van der Waals surface area contributed by atoms with Gasteiger partial charge in [0.05, 0.1) is 23.9 Å². The number of rotatable bonds is 3. The molecule has 0 bridgehead atoms. The Hall–Kier alpha value is -2.88. The number of carbonyl (C=O) groups is 1. The van der Waals surface area contributed by atoms with Crippen LogP contribution in [0.2, 0.25) is 0 Å². The highest BCUT2D eigenvalue weighted by Gasteiger charge is 2.12. The highest BCUT2D eigenvalue weighted by atomic mass is 16.5. The standard InChI is InChI=1S/C18H16N2O2/c1-12-11-17(19-15-9-5-3-7-13(12)15)20-16-10-6-4-8-14(16)18(21)22-2/h3-11H,1-2H3,(H,19,20). The number of pyridine rings is 1. The number of esters is 1. The average molecular weight is 292 g/mol. The molecule has 0 aliphatic heterocycles. The predicted molar refractivity (Wildman–Crippen MR) is 87.5 cm³/mol. The summed E-state index contributed by atoms with van der Waals surface area (Å²) in [6, 6.07) is 17.2. The molecule has 0 atom stereocenters. The molecule has 2 aromatic carbocycles. The Balaban J connectivity index is 2.02. The van der Waals surface area contributed by atoms with Gasteiger partial charge in [-0.3, -0.25) is 0 Å². The van der Waals surface area contributed by atoms with Crippen molar-refractivity contribution in [3.05, 3.63) is 65.7 Å². The maximum Gasteiger partial charge on any atom is 0.339 e. The molecule has 0 aliphatic carbocycles. The van der Waals surface area contributed by atoms with Crippen LogP contribution in [0.3, 0.4) is 0 Å². The molecule has 0 amide bonds. The van der Waals surface area contributed by atoms with Gasteiger partial charge in [0.1, 0.15) is 5.82 Å². The van der Waals surface area contributed by atoms with Crippen LogP contribution in [0.1, 0.15) is 15.9 Å². The molecule has 0 aliphatic rings. The van der Waals surface area contributed by atoms with Gasteiger partial charge in [0.2, 0.25) is 0 Å². The number of benzene rings is 2. The van der Waals surface area contributed by atoms with Crippen LogP contribution in [0.15, 0.2) is 54.6 Å². The summed E-state index contributed by atoms with van der Waals surface area (Å²) >= 11 is 0. The highest BCUT2D eigenvalue weighted by molar-refractivity contribution is 5.96. The Kier molecular flexibility index (Phi) is 3.74. The third kappa shape index (κ3) is 2.63. The lowest BCUT2D eigenvalue weighted by atomic mass is 10.1. The Morgan fingerprint density at radius 2 is 1.82 bits per heavy atom. The van der Waals surface area contributed by atoms with Gasteiger partial charge >= 0.3 is 5.97 Å². The molecule has 22 heavy (non-hydrogen) atoms. The summed E-state index contributed by atoms with van der Waals surface area (Å²) in [7, 11) is 1.37. The van der Waals surface area contributed by atoms with Crippen molar-refractivity contribution < 1.29 is 9.53 Å². The van der Waals surface area contributed by atoms with Crippen LogP contribution < -0.4 is 5.32 Å².